The largest absolute Gasteiger partial charge is 0.466 e. The van der Waals surface area contributed by atoms with Gasteiger partial charge in [-0.15, -0.1) is 0 Å². The summed E-state index contributed by atoms with van der Waals surface area (Å²) in [4.78, 5) is 24.6. The quantitative estimate of drug-likeness (QED) is 0.0320. The minimum absolute atomic E-state index is 0.0128. The van der Waals surface area contributed by atoms with Crippen molar-refractivity contribution in [3.8, 4) is 0 Å². The molecule has 3 N–H and O–H groups in total. The molecule has 0 aliphatic carbocycles. The minimum atomic E-state index is -0.849. The van der Waals surface area contributed by atoms with E-state index in [1.54, 1.807) is 6.08 Å². The first kappa shape index (κ1) is 69.3. The Morgan fingerprint density at radius 2 is 0.662 bits per heavy atom. The van der Waals surface area contributed by atoms with Gasteiger partial charge in [-0.2, -0.15) is 0 Å². The summed E-state index contributed by atoms with van der Waals surface area (Å²) in [6, 6.07) is -0.633. The zero-order chi connectivity index (χ0) is 51.4. The van der Waals surface area contributed by atoms with E-state index >= 15 is 0 Å². The van der Waals surface area contributed by atoms with Gasteiger partial charge in [0.25, 0.3) is 0 Å². The van der Waals surface area contributed by atoms with Crippen LogP contribution in [0, 0.1) is 0 Å². The maximum atomic E-state index is 12.5. The maximum Gasteiger partial charge on any atom is 0.305 e. The number of aliphatic hydroxyl groups excluding tert-OH is 2. The minimum Gasteiger partial charge on any atom is -0.466 e. The van der Waals surface area contributed by atoms with Crippen molar-refractivity contribution < 1.29 is 24.5 Å². The lowest BCUT2D eigenvalue weighted by molar-refractivity contribution is -0.143. The summed E-state index contributed by atoms with van der Waals surface area (Å²) >= 11 is 0. The van der Waals surface area contributed by atoms with Crippen molar-refractivity contribution in [3.63, 3.8) is 0 Å². The number of rotatable bonds is 60. The van der Waals surface area contributed by atoms with Crippen LogP contribution in [0.25, 0.3) is 0 Å². The second-order valence-electron chi connectivity index (χ2n) is 22.1. The van der Waals surface area contributed by atoms with Gasteiger partial charge in [0.05, 0.1) is 25.4 Å². The Balaban J connectivity index is 3.41. The van der Waals surface area contributed by atoms with Crippen LogP contribution in [-0.4, -0.2) is 47.4 Å². The van der Waals surface area contributed by atoms with E-state index in [2.05, 4.69) is 31.3 Å². The molecule has 0 saturated heterocycles. The van der Waals surface area contributed by atoms with Crippen LogP contribution >= 0.6 is 0 Å². The van der Waals surface area contributed by atoms with E-state index in [1.165, 1.54) is 283 Å². The standard InChI is InChI=1S/C65H125NO5/c1-3-5-7-9-11-13-15-17-19-20-24-28-31-35-39-43-47-51-55-59-65(70)71-60-56-52-48-44-40-36-32-29-26-23-21-22-25-27-30-34-38-42-46-50-54-58-64(69)66-62(61-67)63(68)57-53-49-45-41-37-33-18-16-14-12-10-8-6-4-2/h22,25,53,57,62-63,67-68H,3-21,23-24,26-52,54-56,58-61H2,1-2H3,(H,66,69)/b25-22-,57-53+. The van der Waals surface area contributed by atoms with Gasteiger partial charge in [-0.05, 0) is 57.8 Å². The summed E-state index contributed by atoms with van der Waals surface area (Å²) in [6.45, 7) is 4.92. The zero-order valence-corrected chi connectivity index (χ0v) is 48.0. The van der Waals surface area contributed by atoms with Crippen LogP contribution in [0.5, 0.6) is 0 Å². The molecule has 420 valence electrons. The van der Waals surface area contributed by atoms with E-state index in [4.69, 9.17) is 4.74 Å². The number of aliphatic hydroxyl groups is 2. The summed E-state index contributed by atoms with van der Waals surface area (Å²) in [5.74, 6) is -0.0616. The molecule has 2 atom stereocenters. The lowest BCUT2D eigenvalue weighted by Gasteiger charge is -2.20. The fourth-order valence-electron chi connectivity index (χ4n) is 10.0. The second-order valence-corrected chi connectivity index (χ2v) is 22.1. The molecule has 0 aliphatic rings. The summed E-state index contributed by atoms with van der Waals surface area (Å²) in [5.41, 5.74) is 0. The molecule has 0 aromatic rings. The van der Waals surface area contributed by atoms with Crippen LogP contribution in [0.3, 0.4) is 0 Å². The smallest absolute Gasteiger partial charge is 0.305 e. The van der Waals surface area contributed by atoms with Gasteiger partial charge in [-0.3, -0.25) is 9.59 Å². The van der Waals surface area contributed by atoms with Crippen LogP contribution in [0.1, 0.15) is 354 Å². The highest BCUT2D eigenvalue weighted by atomic mass is 16.5. The van der Waals surface area contributed by atoms with Crippen LogP contribution in [0.2, 0.25) is 0 Å². The molecule has 0 fully saturated rings. The first-order valence-corrected chi connectivity index (χ1v) is 32.1. The van der Waals surface area contributed by atoms with Gasteiger partial charge in [-0.25, -0.2) is 0 Å². The maximum absolute atomic E-state index is 12.5. The van der Waals surface area contributed by atoms with Crippen molar-refractivity contribution in [1.82, 2.24) is 5.32 Å². The molecule has 71 heavy (non-hydrogen) atoms. The molecule has 0 bridgehead atoms. The highest BCUT2D eigenvalue weighted by Gasteiger charge is 2.18. The number of esters is 1. The van der Waals surface area contributed by atoms with Crippen LogP contribution in [0.15, 0.2) is 24.3 Å². The lowest BCUT2D eigenvalue weighted by Crippen LogP contribution is -2.45. The van der Waals surface area contributed by atoms with E-state index in [1.807, 2.05) is 6.08 Å². The fourth-order valence-corrected chi connectivity index (χ4v) is 10.0. The van der Waals surface area contributed by atoms with Gasteiger partial charge in [-0.1, -0.05) is 308 Å². The van der Waals surface area contributed by atoms with Gasteiger partial charge in [0.1, 0.15) is 0 Å². The van der Waals surface area contributed by atoms with E-state index in [0.29, 0.717) is 19.4 Å². The Labute approximate surface area is 443 Å². The Kier molecular flexibility index (Phi) is 59.5. The van der Waals surface area contributed by atoms with E-state index in [9.17, 15) is 19.8 Å². The normalized spacial score (nSPS) is 12.7. The molecule has 0 heterocycles. The number of allylic oxidation sites excluding steroid dienone is 3. The van der Waals surface area contributed by atoms with Gasteiger partial charge in [0.15, 0.2) is 0 Å². The number of carbonyl (C=O) groups is 2. The predicted octanol–water partition coefficient (Wildman–Crippen LogP) is 20.2. The van der Waals surface area contributed by atoms with E-state index in [-0.39, 0.29) is 18.5 Å². The molecule has 0 aromatic carbocycles. The number of amides is 1. The summed E-state index contributed by atoms with van der Waals surface area (Å²) in [6.07, 6.45) is 75.1. The Morgan fingerprint density at radius 1 is 0.380 bits per heavy atom. The van der Waals surface area contributed by atoms with Crippen molar-refractivity contribution in [2.75, 3.05) is 13.2 Å². The van der Waals surface area contributed by atoms with Crippen LogP contribution in [0.4, 0.5) is 0 Å². The van der Waals surface area contributed by atoms with Crippen molar-refractivity contribution in [1.29, 1.82) is 0 Å². The van der Waals surface area contributed by atoms with Crippen LogP contribution in [-0.2, 0) is 14.3 Å². The SMILES string of the molecule is CCCCCCCCCCCCCC/C=C/C(O)C(CO)NC(=O)CCCCCCCCC/C=C\CCCCCCCCCCCCOC(=O)CCCCCCCCCCCCCCCCCCCCC. The molecule has 0 radical (unpaired) electrons. The van der Waals surface area contributed by atoms with E-state index < -0.39 is 12.1 Å². The highest BCUT2D eigenvalue weighted by Crippen LogP contribution is 2.18. The third kappa shape index (κ3) is 57.5. The van der Waals surface area contributed by atoms with Crippen molar-refractivity contribution in [2.24, 2.45) is 0 Å². The number of hydrogen-bond donors (Lipinski definition) is 3. The topological polar surface area (TPSA) is 95.9 Å². The molecular weight excluding hydrogens is 875 g/mol. The van der Waals surface area contributed by atoms with Gasteiger partial charge >= 0.3 is 5.97 Å². The summed E-state index contributed by atoms with van der Waals surface area (Å²) < 4.78 is 5.50. The fraction of sp³-hybridized carbons (Fsp3) is 0.908. The highest BCUT2D eigenvalue weighted by molar-refractivity contribution is 5.76. The molecule has 0 saturated carbocycles. The van der Waals surface area contributed by atoms with Crippen molar-refractivity contribution in [2.45, 2.75) is 366 Å². The molecule has 1 amide bonds. The third-order valence-corrected chi connectivity index (χ3v) is 15.0. The molecule has 2 unspecified atom stereocenters. The molecule has 6 nitrogen and oxygen atoms in total. The molecule has 0 spiro atoms. The monoisotopic (exact) mass is 1000 g/mol. The lowest BCUT2D eigenvalue weighted by atomic mass is 10.0. The molecule has 0 aromatic heterocycles. The first-order chi connectivity index (χ1) is 35.0. The molecular formula is C65H125NO5. The summed E-state index contributed by atoms with van der Waals surface area (Å²) in [5, 5.41) is 23.1. The molecule has 6 heteroatoms. The van der Waals surface area contributed by atoms with Crippen molar-refractivity contribution in [3.05, 3.63) is 24.3 Å². The average molecular weight is 1000 g/mol. The average Bonchev–Trinajstić information content (AvgIpc) is 3.37. The van der Waals surface area contributed by atoms with Gasteiger partial charge in [0.2, 0.25) is 5.91 Å². The number of unbranched alkanes of at least 4 members (excludes halogenated alkanes) is 47. The Hall–Kier alpha value is -1.66. The third-order valence-electron chi connectivity index (χ3n) is 15.0. The first-order valence-electron chi connectivity index (χ1n) is 32.1. The molecule has 0 rings (SSSR count). The van der Waals surface area contributed by atoms with Crippen LogP contribution < -0.4 is 5.32 Å². The number of carbonyl (C=O) groups excluding carboxylic acids is 2. The van der Waals surface area contributed by atoms with E-state index in [0.717, 1.165) is 44.9 Å². The molecule has 0 aliphatic heterocycles. The number of ether oxygens (including phenoxy) is 1. The Bertz CT molecular complexity index is 1110. The number of hydrogen-bond acceptors (Lipinski definition) is 5. The second kappa shape index (κ2) is 60.9. The zero-order valence-electron chi connectivity index (χ0n) is 48.0. The van der Waals surface area contributed by atoms with Crippen molar-refractivity contribution >= 4 is 11.9 Å². The predicted molar refractivity (Wildman–Crippen MR) is 310 cm³/mol. The van der Waals surface area contributed by atoms with Gasteiger partial charge in [0, 0.05) is 12.8 Å². The Morgan fingerprint density at radius 3 is 1.00 bits per heavy atom. The summed E-state index contributed by atoms with van der Waals surface area (Å²) in [7, 11) is 0. The number of nitrogens with one attached hydrogen (secondary N) is 1. The van der Waals surface area contributed by atoms with Gasteiger partial charge < -0.3 is 20.3 Å².